The van der Waals surface area contributed by atoms with Gasteiger partial charge in [-0.15, -0.1) is 0 Å². The van der Waals surface area contributed by atoms with Crippen molar-refractivity contribution in [1.82, 2.24) is 0 Å². The number of nitrogens with zero attached hydrogens (tertiary/aromatic N) is 2. The molecule has 0 saturated carbocycles. The van der Waals surface area contributed by atoms with Crippen molar-refractivity contribution in [1.29, 1.82) is 0 Å². The van der Waals surface area contributed by atoms with Gasteiger partial charge in [0.25, 0.3) is 5.54 Å². The molecule has 9 nitrogen and oxygen atoms in total. The number of hydrogen-bond donors (Lipinski definition) is 0. The lowest BCUT2D eigenvalue weighted by Crippen LogP contribution is -2.50. The molecule has 2 rings (SSSR count). The molecule has 0 amide bonds. The van der Waals surface area contributed by atoms with Crippen LogP contribution >= 0.6 is 0 Å². The predicted molar refractivity (Wildman–Crippen MR) is 60.0 cm³/mol. The standard InChI is InChI=1S/C10H12N2O7/c1-2-10(12(15)16)5-18-9(19-6-10)8-7(11(13)14)3-4-17-8/h3-4,9H,2,5-6H2,1H3. The Morgan fingerprint density at radius 1 is 1.37 bits per heavy atom. The van der Waals surface area contributed by atoms with Crippen molar-refractivity contribution in [3.63, 3.8) is 0 Å². The van der Waals surface area contributed by atoms with E-state index in [-0.39, 0.29) is 31.1 Å². The molecule has 0 radical (unpaired) electrons. The highest BCUT2D eigenvalue weighted by atomic mass is 16.7. The van der Waals surface area contributed by atoms with E-state index in [1.165, 1.54) is 6.07 Å². The molecule has 104 valence electrons. The van der Waals surface area contributed by atoms with Crippen molar-refractivity contribution in [3.05, 3.63) is 38.3 Å². The average molecular weight is 272 g/mol. The van der Waals surface area contributed by atoms with Crippen molar-refractivity contribution in [2.45, 2.75) is 25.2 Å². The third kappa shape index (κ3) is 2.29. The highest BCUT2D eigenvalue weighted by molar-refractivity contribution is 5.33. The van der Waals surface area contributed by atoms with Crippen LogP contribution in [-0.2, 0) is 9.47 Å². The van der Waals surface area contributed by atoms with Gasteiger partial charge in [0.05, 0.1) is 17.3 Å². The van der Waals surface area contributed by atoms with Crippen LogP contribution in [0.15, 0.2) is 16.7 Å². The van der Waals surface area contributed by atoms with E-state index in [4.69, 9.17) is 13.9 Å². The molecular weight excluding hydrogens is 260 g/mol. The van der Waals surface area contributed by atoms with Crippen LogP contribution in [0.3, 0.4) is 0 Å². The second-order valence-corrected chi connectivity index (χ2v) is 4.22. The van der Waals surface area contributed by atoms with Crippen LogP contribution in [0.1, 0.15) is 25.4 Å². The number of nitro groups is 2. The maximum atomic E-state index is 11.0. The van der Waals surface area contributed by atoms with E-state index in [0.717, 1.165) is 6.26 Å². The maximum Gasteiger partial charge on any atom is 0.315 e. The van der Waals surface area contributed by atoms with Crippen LogP contribution in [0.2, 0.25) is 0 Å². The SMILES string of the molecule is CCC1([N+](=O)[O-])COC(c2occc2[N+](=O)[O-])OC1. The molecule has 9 heteroatoms. The van der Waals surface area contributed by atoms with Gasteiger partial charge in [-0.2, -0.15) is 0 Å². The number of rotatable bonds is 4. The van der Waals surface area contributed by atoms with E-state index in [9.17, 15) is 20.2 Å². The van der Waals surface area contributed by atoms with Crippen molar-refractivity contribution in [3.8, 4) is 0 Å². The fraction of sp³-hybridized carbons (Fsp3) is 0.600. The summed E-state index contributed by atoms with van der Waals surface area (Å²) in [5.41, 5.74) is -1.58. The van der Waals surface area contributed by atoms with E-state index in [1.807, 2.05) is 0 Å². The molecule has 0 N–H and O–H groups in total. The van der Waals surface area contributed by atoms with Gasteiger partial charge in [-0.25, -0.2) is 0 Å². The van der Waals surface area contributed by atoms with Crippen molar-refractivity contribution in [2.75, 3.05) is 13.2 Å². The van der Waals surface area contributed by atoms with Gasteiger partial charge in [0.2, 0.25) is 12.1 Å². The third-order valence-electron chi connectivity index (χ3n) is 3.14. The minimum absolute atomic E-state index is 0.0851. The Labute approximate surface area is 107 Å². The summed E-state index contributed by atoms with van der Waals surface area (Å²) in [5.74, 6) is -0.0851. The van der Waals surface area contributed by atoms with Crippen LogP contribution in [0, 0.1) is 20.2 Å². The monoisotopic (exact) mass is 272 g/mol. The molecule has 0 unspecified atom stereocenters. The Hall–Kier alpha value is -2.00. The summed E-state index contributed by atoms with van der Waals surface area (Å²) in [6.07, 6.45) is 0.303. The molecule has 1 saturated heterocycles. The predicted octanol–water partition coefficient (Wildman–Crippen LogP) is 1.66. The highest BCUT2D eigenvalue weighted by Crippen LogP contribution is 2.35. The first kappa shape index (κ1) is 13.4. The van der Waals surface area contributed by atoms with E-state index in [1.54, 1.807) is 6.92 Å². The molecule has 0 aromatic carbocycles. The molecule has 1 aliphatic rings. The normalized spacial score (nSPS) is 27.1. The first-order valence-electron chi connectivity index (χ1n) is 5.59. The third-order valence-corrected chi connectivity index (χ3v) is 3.14. The van der Waals surface area contributed by atoms with Gasteiger partial charge in [0, 0.05) is 11.3 Å². The van der Waals surface area contributed by atoms with Gasteiger partial charge >= 0.3 is 5.69 Å². The van der Waals surface area contributed by atoms with Crippen molar-refractivity contribution in [2.24, 2.45) is 0 Å². The molecule has 0 bridgehead atoms. The van der Waals surface area contributed by atoms with Gasteiger partial charge in [-0.3, -0.25) is 20.2 Å². The lowest BCUT2D eigenvalue weighted by Gasteiger charge is -2.31. The largest absolute Gasteiger partial charge is 0.457 e. The van der Waals surface area contributed by atoms with Crippen LogP contribution < -0.4 is 0 Å². The maximum absolute atomic E-state index is 11.0. The molecule has 1 aliphatic heterocycles. The Kier molecular flexibility index (Phi) is 3.49. The van der Waals surface area contributed by atoms with E-state index in [2.05, 4.69) is 0 Å². The van der Waals surface area contributed by atoms with Gasteiger partial charge in [-0.05, 0) is 0 Å². The summed E-state index contributed by atoms with van der Waals surface area (Å²) < 4.78 is 15.4. The van der Waals surface area contributed by atoms with E-state index >= 15 is 0 Å². The van der Waals surface area contributed by atoms with Gasteiger partial charge in [-0.1, -0.05) is 6.92 Å². The quantitative estimate of drug-likeness (QED) is 0.604. The van der Waals surface area contributed by atoms with Crippen LogP contribution in [-0.4, -0.2) is 28.6 Å². The first-order chi connectivity index (χ1) is 9.00. The number of hydrogen-bond acceptors (Lipinski definition) is 7. The minimum atomic E-state index is -1.31. The molecule has 19 heavy (non-hydrogen) atoms. The summed E-state index contributed by atoms with van der Waals surface area (Å²) in [6.45, 7) is 1.29. The van der Waals surface area contributed by atoms with Crippen LogP contribution in [0.5, 0.6) is 0 Å². The Balaban J connectivity index is 2.14. The molecule has 2 heterocycles. The Bertz CT molecular complexity index is 490. The zero-order valence-corrected chi connectivity index (χ0v) is 10.1. The van der Waals surface area contributed by atoms with Crippen LogP contribution in [0.4, 0.5) is 5.69 Å². The number of ether oxygens (including phenoxy) is 2. The van der Waals surface area contributed by atoms with Crippen molar-refractivity contribution < 1.29 is 23.7 Å². The molecule has 0 aliphatic carbocycles. The summed E-state index contributed by atoms with van der Waals surface area (Å²) >= 11 is 0. The first-order valence-corrected chi connectivity index (χ1v) is 5.59. The second kappa shape index (κ2) is 4.94. The Morgan fingerprint density at radius 2 is 2.00 bits per heavy atom. The van der Waals surface area contributed by atoms with E-state index in [0.29, 0.717) is 0 Å². The average Bonchev–Trinajstić information content (AvgIpc) is 2.88. The smallest absolute Gasteiger partial charge is 0.315 e. The molecule has 1 aromatic rings. The summed E-state index contributed by atoms with van der Waals surface area (Å²) in [6, 6.07) is 1.18. The molecular formula is C10H12N2O7. The molecule has 1 fully saturated rings. The topological polar surface area (TPSA) is 118 Å². The second-order valence-electron chi connectivity index (χ2n) is 4.22. The van der Waals surface area contributed by atoms with E-state index < -0.39 is 21.7 Å². The lowest BCUT2D eigenvalue weighted by atomic mass is 9.99. The lowest BCUT2D eigenvalue weighted by molar-refractivity contribution is -0.593. The van der Waals surface area contributed by atoms with Crippen LogP contribution in [0.25, 0.3) is 0 Å². The molecule has 0 atom stereocenters. The van der Waals surface area contributed by atoms with Crippen molar-refractivity contribution >= 4 is 5.69 Å². The molecule has 0 spiro atoms. The summed E-state index contributed by atoms with van der Waals surface area (Å²) in [4.78, 5) is 20.7. The summed E-state index contributed by atoms with van der Waals surface area (Å²) in [5, 5.41) is 21.7. The highest BCUT2D eigenvalue weighted by Gasteiger charge is 2.48. The number of furan rings is 1. The zero-order valence-electron chi connectivity index (χ0n) is 10.1. The zero-order chi connectivity index (χ0) is 14.0. The fourth-order valence-corrected chi connectivity index (χ4v) is 1.78. The van der Waals surface area contributed by atoms with Gasteiger partial charge in [0.15, 0.2) is 0 Å². The fourth-order valence-electron chi connectivity index (χ4n) is 1.78. The minimum Gasteiger partial charge on any atom is -0.457 e. The molecule has 1 aromatic heterocycles. The van der Waals surface area contributed by atoms with Gasteiger partial charge in [0.1, 0.15) is 13.2 Å². The Morgan fingerprint density at radius 3 is 2.47 bits per heavy atom. The summed E-state index contributed by atoms with van der Waals surface area (Å²) in [7, 11) is 0. The van der Waals surface area contributed by atoms with Gasteiger partial charge < -0.3 is 13.9 Å².